The Balaban J connectivity index is 1.73. The zero-order chi connectivity index (χ0) is 15.5. The van der Waals surface area contributed by atoms with Crippen molar-refractivity contribution in [1.29, 1.82) is 0 Å². The predicted molar refractivity (Wildman–Crippen MR) is 84.7 cm³/mol. The number of piperidine rings is 1. The van der Waals surface area contributed by atoms with Gasteiger partial charge in [0.2, 0.25) is 0 Å². The number of phenols is 1. The summed E-state index contributed by atoms with van der Waals surface area (Å²) in [4.78, 5) is 14.2. The summed E-state index contributed by atoms with van der Waals surface area (Å²) in [6.45, 7) is 1.22. The molecule has 1 saturated heterocycles. The number of phenolic OH excluding ortho intramolecular Hbond substituents is 1. The van der Waals surface area contributed by atoms with Crippen LogP contribution in [0.15, 0.2) is 48.5 Å². The first kappa shape index (κ1) is 14.6. The van der Waals surface area contributed by atoms with Crippen LogP contribution < -0.4 is 0 Å². The van der Waals surface area contributed by atoms with E-state index in [1.54, 1.807) is 17.0 Å². The van der Waals surface area contributed by atoms with E-state index in [2.05, 4.69) is 0 Å². The summed E-state index contributed by atoms with van der Waals surface area (Å²) in [6, 6.07) is 14.5. The van der Waals surface area contributed by atoms with Gasteiger partial charge in [-0.05, 0) is 48.2 Å². The minimum absolute atomic E-state index is 0.0177. The summed E-state index contributed by atoms with van der Waals surface area (Å²) in [5.41, 5.74) is 2.67. The van der Waals surface area contributed by atoms with Crippen molar-refractivity contribution in [2.24, 2.45) is 0 Å². The van der Waals surface area contributed by atoms with Gasteiger partial charge in [0.15, 0.2) is 0 Å². The smallest absolute Gasteiger partial charge is 0.253 e. The standard InChI is InChI=1S/C18H19NO3/c20-16-7-5-14(6-8-16)13-1-3-15(4-2-13)18(22)19-11-9-17(21)10-12-19/h1-8,17,20-21H,9-12H2. The molecule has 2 aromatic carbocycles. The number of nitrogens with zero attached hydrogens (tertiary/aromatic N) is 1. The van der Waals surface area contributed by atoms with Gasteiger partial charge in [-0.25, -0.2) is 0 Å². The van der Waals surface area contributed by atoms with Crippen LogP contribution in [0.2, 0.25) is 0 Å². The van der Waals surface area contributed by atoms with Gasteiger partial charge in [-0.15, -0.1) is 0 Å². The van der Waals surface area contributed by atoms with Crippen LogP contribution in [-0.4, -0.2) is 40.2 Å². The van der Waals surface area contributed by atoms with E-state index >= 15 is 0 Å². The quantitative estimate of drug-likeness (QED) is 0.896. The lowest BCUT2D eigenvalue weighted by atomic mass is 10.0. The fourth-order valence-electron chi connectivity index (χ4n) is 2.71. The lowest BCUT2D eigenvalue weighted by Gasteiger charge is -2.29. The monoisotopic (exact) mass is 297 g/mol. The summed E-state index contributed by atoms with van der Waals surface area (Å²) < 4.78 is 0. The van der Waals surface area contributed by atoms with Gasteiger partial charge in [0.25, 0.3) is 5.91 Å². The maximum Gasteiger partial charge on any atom is 0.253 e. The number of aliphatic hydroxyl groups excluding tert-OH is 1. The molecule has 0 aliphatic carbocycles. The molecular formula is C18H19NO3. The SMILES string of the molecule is O=C(c1ccc(-c2ccc(O)cc2)cc1)N1CCC(O)CC1. The maximum atomic E-state index is 12.4. The van der Waals surface area contributed by atoms with Gasteiger partial charge in [-0.3, -0.25) is 4.79 Å². The number of rotatable bonds is 2. The van der Waals surface area contributed by atoms with Crippen LogP contribution in [0.3, 0.4) is 0 Å². The largest absolute Gasteiger partial charge is 0.508 e. The van der Waals surface area contributed by atoms with Crippen molar-refractivity contribution < 1.29 is 15.0 Å². The number of aromatic hydroxyl groups is 1. The van der Waals surface area contributed by atoms with E-state index in [-0.39, 0.29) is 17.8 Å². The van der Waals surface area contributed by atoms with Gasteiger partial charge in [0.1, 0.15) is 5.75 Å². The third-order valence-electron chi connectivity index (χ3n) is 4.08. The minimum atomic E-state index is -0.277. The Bertz CT molecular complexity index is 641. The van der Waals surface area contributed by atoms with Gasteiger partial charge in [0, 0.05) is 18.7 Å². The van der Waals surface area contributed by atoms with Crippen LogP contribution in [0.4, 0.5) is 0 Å². The minimum Gasteiger partial charge on any atom is -0.508 e. The Hall–Kier alpha value is -2.33. The van der Waals surface area contributed by atoms with Crippen molar-refractivity contribution in [3.63, 3.8) is 0 Å². The zero-order valence-electron chi connectivity index (χ0n) is 12.3. The Kier molecular flexibility index (Phi) is 4.11. The van der Waals surface area contributed by atoms with Gasteiger partial charge < -0.3 is 15.1 Å². The van der Waals surface area contributed by atoms with E-state index in [1.165, 1.54) is 0 Å². The van der Waals surface area contributed by atoms with Crippen LogP contribution >= 0.6 is 0 Å². The molecular weight excluding hydrogens is 278 g/mol. The molecule has 0 atom stereocenters. The Morgan fingerprint density at radius 2 is 1.41 bits per heavy atom. The summed E-state index contributed by atoms with van der Waals surface area (Å²) in [5.74, 6) is 0.256. The van der Waals surface area contributed by atoms with Crippen molar-refractivity contribution >= 4 is 5.91 Å². The lowest BCUT2D eigenvalue weighted by Crippen LogP contribution is -2.40. The molecule has 4 nitrogen and oxygen atoms in total. The molecule has 0 spiro atoms. The van der Waals surface area contributed by atoms with Crippen LogP contribution in [-0.2, 0) is 0 Å². The summed E-state index contributed by atoms with van der Waals surface area (Å²) in [6.07, 6.45) is 1.02. The first-order valence-electron chi connectivity index (χ1n) is 7.50. The van der Waals surface area contributed by atoms with E-state index in [0.29, 0.717) is 31.5 Å². The predicted octanol–water partition coefficient (Wildman–Crippen LogP) is 2.66. The third-order valence-corrected chi connectivity index (χ3v) is 4.08. The molecule has 1 heterocycles. The molecule has 0 aromatic heterocycles. The van der Waals surface area contributed by atoms with E-state index < -0.39 is 0 Å². The highest BCUT2D eigenvalue weighted by molar-refractivity contribution is 5.94. The number of amides is 1. The first-order chi connectivity index (χ1) is 10.6. The Morgan fingerprint density at radius 1 is 0.909 bits per heavy atom. The molecule has 0 unspecified atom stereocenters. The molecule has 2 aromatic rings. The maximum absolute atomic E-state index is 12.4. The molecule has 1 fully saturated rings. The number of benzene rings is 2. The van der Waals surface area contributed by atoms with Crippen molar-refractivity contribution in [2.75, 3.05) is 13.1 Å². The second kappa shape index (κ2) is 6.20. The molecule has 1 aliphatic heterocycles. The number of aliphatic hydroxyl groups is 1. The van der Waals surface area contributed by atoms with E-state index in [9.17, 15) is 15.0 Å². The van der Waals surface area contributed by atoms with Crippen LogP contribution in [0, 0.1) is 0 Å². The number of hydrogen-bond acceptors (Lipinski definition) is 3. The topological polar surface area (TPSA) is 60.8 Å². The van der Waals surface area contributed by atoms with Crippen LogP contribution in [0.25, 0.3) is 11.1 Å². The van der Waals surface area contributed by atoms with Gasteiger partial charge in [-0.1, -0.05) is 24.3 Å². The fourth-order valence-corrected chi connectivity index (χ4v) is 2.71. The number of carbonyl (C=O) groups excluding carboxylic acids is 1. The number of carbonyl (C=O) groups is 1. The van der Waals surface area contributed by atoms with Crippen molar-refractivity contribution in [1.82, 2.24) is 4.90 Å². The number of likely N-dealkylation sites (tertiary alicyclic amines) is 1. The molecule has 0 radical (unpaired) electrons. The van der Waals surface area contributed by atoms with Crippen molar-refractivity contribution in [3.8, 4) is 16.9 Å². The van der Waals surface area contributed by atoms with Gasteiger partial charge >= 0.3 is 0 Å². The van der Waals surface area contributed by atoms with E-state index in [4.69, 9.17) is 0 Å². The molecule has 3 rings (SSSR count). The Labute approximate surface area is 129 Å². The van der Waals surface area contributed by atoms with Crippen molar-refractivity contribution in [2.45, 2.75) is 18.9 Å². The highest BCUT2D eigenvalue weighted by atomic mass is 16.3. The number of hydrogen-bond donors (Lipinski definition) is 2. The average molecular weight is 297 g/mol. The van der Waals surface area contributed by atoms with Gasteiger partial charge in [-0.2, -0.15) is 0 Å². The lowest BCUT2D eigenvalue weighted by molar-refractivity contribution is 0.0546. The molecule has 1 aliphatic rings. The Morgan fingerprint density at radius 3 is 1.95 bits per heavy atom. The molecule has 4 heteroatoms. The second-order valence-electron chi connectivity index (χ2n) is 5.65. The van der Waals surface area contributed by atoms with Crippen molar-refractivity contribution in [3.05, 3.63) is 54.1 Å². The van der Waals surface area contributed by atoms with Gasteiger partial charge in [0.05, 0.1) is 6.10 Å². The average Bonchev–Trinajstić information content (AvgIpc) is 2.56. The molecule has 114 valence electrons. The van der Waals surface area contributed by atoms with E-state index in [1.807, 2.05) is 36.4 Å². The normalized spacial score (nSPS) is 15.8. The fraction of sp³-hybridized carbons (Fsp3) is 0.278. The zero-order valence-corrected chi connectivity index (χ0v) is 12.3. The first-order valence-corrected chi connectivity index (χ1v) is 7.50. The summed E-state index contributed by atoms with van der Waals surface area (Å²) in [5, 5.41) is 18.8. The summed E-state index contributed by atoms with van der Waals surface area (Å²) in [7, 11) is 0. The molecule has 22 heavy (non-hydrogen) atoms. The van der Waals surface area contributed by atoms with E-state index in [0.717, 1.165) is 11.1 Å². The second-order valence-corrected chi connectivity index (χ2v) is 5.65. The van der Waals surface area contributed by atoms with Crippen LogP contribution in [0.1, 0.15) is 23.2 Å². The van der Waals surface area contributed by atoms with Crippen LogP contribution in [0.5, 0.6) is 5.75 Å². The molecule has 1 amide bonds. The molecule has 0 bridgehead atoms. The molecule has 2 N–H and O–H groups in total. The third kappa shape index (κ3) is 3.12. The highest BCUT2D eigenvalue weighted by Crippen LogP contribution is 2.23. The molecule has 0 saturated carbocycles. The summed E-state index contributed by atoms with van der Waals surface area (Å²) >= 11 is 0. The highest BCUT2D eigenvalue weighted by Gasteiger charge is 2.22.